The van der Waals surface area contributed by atoms with E-state index in [0.29, 0.717) is 5.82 Å². The Bertz CT molecular complexity index is 2910. The molecule has 0 saturated carbocycles. The van der Waals surface area contributed by atoms with Crippen LogP contribution in [0.5, 0.6) is 0 Å². The van der Waals surface area contributed by atoms with Crippen molar-refractivity contribution in [2.45, 2.75) is 0 Å². The lowest BCUT2D eigenvalue weighted by atomic mass is 9.92. The highest BCUT2D eigenvalue weighted by Gasteiger charge is 2.17. The Kier molecular flexibility index (Phi) is 6.78. The molecule has 0 unspecified atom stereocenters. The van der Waals surface area contributed by atoms with Crippen molar-refractivity contribution in [3.8, 4) is 56.2 Å². The van der Waals surface area contributed by atoms with Crippen molar-refractivity contribution >= 4 is 43.5 Å². The Balaban J connectivity index is 1.14. The van der Waals surface area contributed by atoms with Crippen LogP contribution >= 0.6 is 0 Å². The van der Waals surface area contributed by atoms with E-state index >= 15 is 0 Å². The second kappa shape index (κ2) is 11.9. The first kappa shape index (κ1) is 29.0. The van der Waals surface area contributed by atoms with Gasteiger partial charge in [0.1, 0.15) is 11.2 Å². The highest BCUT2D eigenvalue weighted by molar-refractivity contribution is 6.13. The number of rotatable bonds is 5. The fourth-order valence-electron chi connectivity index (χ4n) is 7.31. The SMILES string of the molecule is c1cncc(-c2ccccc2-c2nc(-c3ccc(-c4cc5ccccc5c5ccccc45)cc3)cc(-c3ccc4oc5ccccc5c4c3)n2)c1. The predicted octanol–water partition coefficient (Wildman–Crippen LogP) is 12.4. The van der Waals surface area contributed by atoms with Gasteiger partial charge in [0.25, 0.3) is 0 Å². The van der Waals surface area contributed by atoms with Crippen LogP contribution in [0.3, 0.4) is 0 Å². The van der Waals surface area contributed by atoms with Crippen LogP contribution < -0.4 is 0 Å². The molecule has 0 atom stereocenters. The molecule has 51 heavy (non-hydrogen) atoms. The van der Waals surface area contributed by atoms with Gasteiger partial charge < -0.3 is 4.42 Å². The standard InChI is InChI=1S/C47H29N3O/c1-2-12-35-32(10-1)26-41(38-15-5-4-14-37(35)38)30-19-21-31(22-20-30)43-28-44(33-23-24-46-42(27-33)39-16-7-8-18-45(39)51-46)50-47(49-43)40-17-6-3-13-36(40)34-11-9-25-48-29-34/h1-29H. The van der Waals surface area contributed by atoms with E-state index in [2.05, 4.69) is 126 Å². The van der Waals surface area contributed by atoms with Gasteiger partial charge in [0.15, 0.2) is 5.82 Å². The van der Waals surface area contributed by atoms with Crippen molar-refractivity contribution in [1.82, 2.24) is 15.0 Å². The molecule has 10 aromatic rings. The van der Waals surface area contributed by atoms with E-state index in [-0.39, 0.29) is 0 Å². The minimum absolute atomic E-state index is 0.656. The predicted molar refractivity (Wildman–Crippen MR) is 209 cm³/mol. The van der Waals surface area contributed by atoms with Gasteiger partial charge in [-0.25, -0.2) is 9.97 Å². The number of hydrogen-bond donors (Lipinski definition) is 0. The average Bonchev–Trinajstić information content (AvgIpc) is 3.59. The lowest BCUT2D eigenvalue weighted by molar-refractivity contribution is 0.669. The van der Waals surface area contributed by atoms with Gasteiger partial charge in [0, 0.05) is 45.4 Å². The summed E-state index contributed by atoms with van der Waals surface area (Å²) in [5.41, 5.74) is 10.8. The molecule has 0 aliphatic heterocycles. The van der Waals surface area contributed by atoms with Gasteiger partial charge >= 0.3 is 0 Å². The van der Waals surface area contributed by atoms with E-state index in [1.54, 1.807) is 6.20 Å². The smallest absolute Gasteiger partial charge is 0.161 e. The lowest BCUT2D eigenvalue weighted by Gasteiger charge is -2.14. The van der Waals surface area contributed by atoms with Crippen LogP contribution in [-0.2, 0) is 0 Å². The molecular weight excluding hydrogens is 623 g/mol. The Morgan fingerprint density at radius 1 is 0.373 bits per heavy atom. The largest absolute Gasteiger partial charge is 0.456 e. The molecule has 10 rings (SSSR count). The van der Waals surface area contributed by atoms with E-state index in [1.807, 2.05) is 48.7 Å². The Labute approximate surface area is 294 Å². The van der Waals surface area contributed by atoms with Crippen molar-refractivity contribution in [1.29, 1.82) is 0 Å². The Hall–Kier alpha value is -6.91. The molecule has 238 valence electrons. The summed E-state index contributed by atoms with van der Waals surface area (Å²) < 4.78 is 6.15. The summed E-state index contributed by atoms with van der Waals surface area (Å²) in [7, 11) is 0. The number of para-hydroxylation sites is 1. The fourth-order valence-corrected chi connectivity index (χ4v) is 7.31. The zero-order chi connectivity index (χ0) is 33.7. The zero-order valence-corrected chi connectivity index (χ0v) is 27.5. The van der Waals surface area contributed by atoms with Crippen LogP contribution in [0, 0.1) is 0 Å². The van der Waals surface area contributed by atoms with Gasteiger partial charge in [-0.1, -0.05) is 121 Å². The Morgan fingerprint density at radius 2 is 1.02 bits per heavy atom. The van der Waals surface area contributed by atoms with Crippen LogP contribution in [0.15, 0.2) is 181 Å². The summed E-state index contributed by atoms with van der Waals surface area (Å²) in [6, 6.07) is 57.2. The molecule has 0 bridgehead atoms. The molecular formula is C47H29N3O. The van der Waals surface area contributed by atoms with Crippen molar-refractivity contribution in [3.05, 3.63) is 176 Å². The lowest BCUT2D eigenvalue weighted by Crippen LogP contribution is -1.97. The normalized spacial score (nSPS) is 11.5. The summed E-state index contributed by atoms with van der Waals surface area (Å²) >= 11 is 0. The highest BCUT2D eigenvalue weighted by Crippen LogP contribution is 2.38. The maximum atomic E-state index is 6.15. The molecule has 0 fully saturated rings. The number of pyridine rings is 1. The van der Waals surface area contributed by atoms with Gasteiger partial charge in [-0.2, -0.15) is 0 Å². The summed E-state index contributed by atoms with van der Waals surface area (Å²) in [6.07, 6.45) is 3.68. The first-order valence-corrected chi connectivity index (χ1v) is 17.1. The molecule has 4 heteroatoms. The van der Waals surface area contributed by atoms with Gasteiger partial charge in [-0.05, 0) is 80.7 Å². The topological polar surface area (TPSA) is 51.8 Å². The number of furan rings is 1. The van der Waals surface area contributed by atoms with Crippen LogP contribution in [0.2, 0.25) is 0 Å². The maximum Gasteiger partial charge on any atom is 0.161 e. The van der Waals surface area contributed by atoms with E-state index in [1.165, 1.54) is 27.1 Å². The van der Waals surface area contributed by atoms with Crippen molar-refractivity contribution < 1.29 is 4.42 Å². The number of fused-ring (bicyclic) bond motifs is 6. The summed E-state index contributed by atoms with van der Waals surface area (Å²) in [5.74, 6) is 0.656. The second-order valence-corrected chi connectivity index (χ2v) is 12.8. The molecule has 0 spiro atoms. The van der Waals surface area contributed by atoms with Gasteiger partial charge in [-0.15, -0.1) is 0 Å². The van der Waals surface area contributed by atoms with Gasteiger partial charge in [0.05, 0.1) is 11.4 Å². The summed E-state index contributed by atoms with van der Waals surface area (Å²) in [6.45, 7) is 0. The minimum Gasteiger partial charge on any atom is -0.456 e. The summed E-state index contributed by atoms with van der Waals surface area (Å²) in [5, 5.41) is 7.15. The third-order valence-corrected chi connectivity index (χ3v) is 9.80. The van der Waals surface area contributed by atoms with Crippen molar-refractivity contribution in [2.75, 3.05) is 0 Å². The number of benzene rings is 7. The molecule has 0 amide bonds. The van der Waals surface area contributed by atoms with Crippen LogP contribution in [0.4, 0.5) is 0 Å². The van der Waals surface area contributed by atoms with E-state index in [9.17, 15) is 0 Å². The van der Waals surface area contributed by atoms with E-state index < -0.39 is 0 Å². The van der Waals surface area contributed by atoms with Crippen LogP contribution in [0.25, 0.3) is 99.6 Å². The Morgan fingerprint density at radius 3 is 1.84 bits per heavy atom. The first-order valence-electron chi connectivity index (χ1n) is 17.1. The number of hydrogen-bond acceptors (Lipinski definition) is 4. The third kappa shape index (κ3) is 5.04. The summed E-state index contributed by atoms with van der Waals surface area (Å²) in [4.78, 5) is 14.8. The van der Waals surface area contributed by atoms with E-state index in [4.69, 9.17) is 14.4 Å². The van der Waals surface area contributed by atoms with E-state index in [0.717, 1.165) is 66.7 Å². The fraction of sp³-hybridized carbons (Fsp3) is 0. The van der Waals surface area contributed by atoms with Crippen molar-refractivity contribution in [2.24, 2.45) is 0 Å². The average molecular weight is 652 g/mol. The molecule has 7 aromatic carbocycles. The first-order chi connectivity index (χ1) is 25.3. The van der Waals surface area contributed by atoms with Crippen LogP contribution in [-0.4, -0.2) is 15.0 Å². The third-order valence-electron chi connectivity index (χ3n) is 9.80. The monoisotopic (exact) mass is 651 g/mol. The quantitative estimate of drug-likeness (QED) is 0.174. The van der Waals surface area contributed by atoms with Gasteiger partial charge in [-0.3, -0.25) is 4.98 Å². The number of nitrogens with zero attached hydrogens (tertiary/aromatic N) is 3. The molecule has 0 aliphatic rings. The molecule has 0 aliphatic carbocycles. The van der Waals surface area contributed by atoms with Crippen molar-refractivity contribution in [3.63, 3.8) is 0 Å². The zero-order valence-electron chi connectivity index (χ0n) is 27.5. The molecule has 3 heterocycles. The molecule has 0 N–H and O–H groups in total. The highest BCUT2D eigenvalue weighted by atomic mass is 16.3. The molecule has 0 radical (unpaired) electrons. The van der Waals surface area contributed by atoms with Crippen LogP contribution in [0.1, 0.15) is 0 Å². The number of aromatic nitrogens is 3. The molecule has 4 nitrogen and oxygen atoms in total. The van der Waals surface area contributed by atoms with Gasteiger partial charge in [0.2, 0.25) is 0 Å². The maximum absolute atomic E-state index is 6.15. The second-order valence-electron chi connectivity index (χ2n) is 12.8. The molecule has 0 saturated heterocycles. The molecule has 3 aromatic heterocycles. The minimum atomic E-state index is 0.656.